The van der Waals surface area contributed by atoms with Crippen LogP contribution < -0.4 is 5.32 Å². The topological polar surface area (TPSA) is 42.4 Å². The number of piperazine rings is 1. The minimum Gasteiger partial charge on any atom is -0.340 e. The lowest BCUT2D eigenvalue weighted by atomic mass is 10.2. The van der Waals surface area contributed by atoms with Gasteiger partial charge < -0.3 is 10.2 Å². The molecule has 2 N–H and O–H groups in total. The van der Waals surface area contributed by atoms with Crippen molar-refractivity contribution in [1.29, 1.82) is 5.41 Å². The van der Waals surface area contributed by atoms with Gasteiger partial charge in [-0.25, -0.2) is 0 Å². The number of nitrogens with zero attached hydrogens (tertiary/aromatic N) is 2. The van der Waals surface area contributed by atoms with E-state index in [-0.39, 0.29) is 0 Å². The molecule has 0 bridgehead atoms. The number of nitrogens with one attached hydrogen (secondary N) is 2. The SMILES string of the molecule is N=C(Nc1cc(Cl)cc(Cl)c1)N1CCN(Cc2ccccc2)CC1. The van der Waals surface area contributed by atoms with Crippen LogP contribution in [0.15, 0.2) is 48.5 Å². The van der Waals surface area contributed by atoms with Gasteiger partial charge in [-0.1, -0.05) is 53.5 Å². The number of hydrogen-bond donors (Lipinski definition) is 2. The summed E-state index contributed by atoms with van der Waals surface area (Å²) in [5.41, 5.74) is 2.07. The number of guanidine groups is 1. The molecule has 0 unspecified atom stereocenters. The van der Waals surface area contributed by atoms with Gasteiger partial charge in [0.15, 0.2) is 5.96 Å². The smallest absolute Gasteiger partial charge is 0.195 e. The van der Waals surface area contributed by atoms with Gasteiger partial charge >= 0.3 is 0 Å². The zero-order chi connectivity index (χ0) is 16.9. The molecule has 1 aliphatic rings. The van der Waals surface area contributed by atoms with Crippen molar-refractivity contribution in [2.24, 2.45) is 0 Å². The third-order valence-electron chi connectivity index (χ3n) is 4.06. The lowest BCUT2D eigenvalue weighted by Gasteiger charge is -2.36. The fraction of sp³-hybridized carbons (Fsp3) is 0.278. The van der Waals surface area contributed by atoms with Crippen molar-refractivity contribution in [1.82, 2.24) is 9.80 Å². The number of benzene rings is 2. The molecule has 0 radical (unpaired) electrons. The molecule has 1 aliphatic heterocycles. The Kier molecular flexibility index (Phi) is 5.61. The first kappa shape index (κ1) is 17.1. The normalized spacial score (nSPS) is 15.3. The molecule has 6 heteroatoms. The van der Waals surface area contributed by atoms with E-state index in [2.05, 4.69) is 34.5 Å². The highest BCUT2D eigenvalue weighted by atomic mass is 35.5. The van der Waals surface area contributed by atoms with Crippen molar-refractivity contribution in [3.8, 4) is 0 Å². The monoisotopic (exact) mass is 362 g/mol. The van der Waals surface area contributed by atoms with Gasteiger partial charge in [0.1, 0.15) is 0 Å². The molecule has 4 nitrogen and oxygen atoms in total. The zero-order valence-electron chi connectivity index (χ0n) is 13.3. The molecule has 2 aromatic rings. The Morgan fingerprint density at radius 2 is 1.58 bits per heavy atom. The molecule has 24 heavy (non-hydrogen) atoms. The molecule has 1 fully saturated rings. The van der Waals surface area contributed by atoms with E-state index in [9.17, 15) is 0 Å². The Hall–Kier alpha value is -1.75. The quantitative estimate of drug-likeness (QED) is 0.636. The van der Waals surface area contributed by atoms with Gasteiger partial charge in [0, 0.05) is 48.5 Å². The summed E-state index contributed by atoms with van der Waals surface area (Å²) >= 11 is 12.0. The Bertz CT molecular complexity index is 677. The van der Waals surface area contributed by atoms with Crippen LogP contribution in [0.4, 0.5) is 5.69 Å². The minimum atomic E-state index is 0.382. The molecule has 0 saturated carbocycles. The maximum atomic E-state index is 8.26. The molecule has 0 spiro atoms. The lowest BCUT2D eigenvalue weighted by molar-refractivity contribution is 0.175. The number of anilines is 1. The van der Waals surface area contributed by atoms with Crippen molar-refractivity contribution in [3.05, 3.63) is 64.1 Å². The maximum Gasteiger partial charge on any atom is 0.195 e. The van der Waals surface area contributed by atoms with Crippen LogP contribution in [0.1, 0.15) is 5.56 Å². The van der Waals surface area contributed by atoms with Crippen molar-refractivity contribution in [2.45, 2.75) is 6.54 Å². The summed E-state index contributed by atoms with van der Waals surface area (Å²) < 4.78 is 0. The Morgan fingerprint density at radius 3 is 2.21 bits per heavy atom. The van der Waals surface area contributed by atoms with Crippen LogP contribution in [0, 0.1) is 5.41 Å². The van der Waals surface area contributed by atoms with Crippen LogP contribution in [0.2, 0.25) is 10.0 Å². The van der Waals surface area contributed by atoms with E-state index < -0.39 is 0 Å². The van der Waals surface area contributed by atoms with Gasteiger partial charge in [-0.15, -0.1) is 0 Å². The summed E-state index contributed by atoms with van der Waals surface area (Å²) in [6.45, 7) is 4.49. The van der Waals surface area contributed by atoms with E-state index in [4.69, 9.17) is 28.6 Å². The average molecular weight is 363 g/mol. The highest BCUT2D eigenvalue weighted by molar-refractivity contribution is 6.35. The summed E-state index contributed by atoms with van der Waals surface area (Å²) in [6, 6.07) is 15.7. The number of halogens is 2. The van der Waals surface area contributed by atoms with E-state index in [0.717, 1.165) is 38.4 Å². The van der Waals surface area contributed by atoms with Crippen LogP contribution in [0.5, 0.6) is 0 Å². The summed E-state index contributed by atoms with van der Waals surface area (Å²) in [5, 5.41) is 12.5. The molecule has 0 atom stereocenters. The van der Waals surface area contributed by atoms with E-state index in [1.54, 1.807) is 18.2 Å². The second-order valence-electron chi connectivity index (χ2n) is 5.88. The first-order valence-corrected chi connectivity index (χ1v) is 8.68. The predicted molar refractivity (Wildman–Crippen MR) is 101 cm³/mol. The molecule has 126 valence electrons. The Morgan fingerprint density at radius 1 is 0.958 bits per heavy atom. The third-order valence-corrected chi connectivity index (χ3v) is 4.50. The average Bonchev–Trinajstić information content (AvgIpc) is 2.55. The minimum absolute atomic E-state index is 0.382. The summed E-state index contributed by atoms with van der Waals surface area (Å²) in [5.74, 6) is 0.382. The van der Waals surface area contributed by atoms with Crippen molar-refractivity contribution >= 4 is 34.8 Å². The summed E-state index contributed by atoms with van der Waals surface area (Å²) in [7, 11) is 0. The van der Waals surface area contributed by atoms with Gasteiger partial charge in [-0.2, -0.15) is 0 Å². The zero-order valence-corrected chi connectivity index (χ0v) is 14.8. The Balaban J connectivity index is 1.51. The fourth-order valence-corrected chi connectivity index (χ4v) is 3.34. The standard InChI is InChI=1S/C18H20Cl2N4/c19-15-10-16(20)12-17(11-15)22-18(21)24-8-6-23(7-9-24)13-14-4-2-1-3-5-14/h1-5,10-12H,6-9,13H2,(H2,21,22). The summed E-state index contributed by atoms with van der Waals surface area (Å²) in [6.07, 6.45) is 0. The fourth-order valence-electron chi connectivity index (χ4n) is 2.81. The number of rotatable bonds is 3. The van der Waals surface area contributed by atoms with Crippen LogP contribution in [0.25, 0.3) is 0 Å². The maximum absolute atomic E-state index is 8.26. The first-order valence-electron chi connectivity index (χ1n) is 7.93. The molecular formula is C18H20Cl2N4. The number of hydrogen-bond acceptors (Lipinski definition) is 2. The van der Waals surface area contributed by atoms with Crippen LogP contribution >= 0.6 is 23.2 Å². The van der Waals surface area contributed by atoms with Crippen molar-refractivity contribution < 1.29 is 0 Å². The van der Waals surface area contributed by atoms with E-state index in [1.165, 1.54) is 5.56 Å². The Labute approximate surface area is 152 Å². The third kappa shape index (κ3) is 4.63. The van der Waals surface area contributed by atoms with Crippen LogP contribution in [0.3, 0.4) is 0 Å². The summed E-state index contributed by atoms with van der Waals surface area (Å²) in [4.78, 5) is 4.45. The molecule has 0 aromatic heterocycles. The van der Waals surface area contributed by atoms with Crippen LogP contribution in [-0.2, 0) is 6.54 Å². The van der Waals surface area contributed by atoms with Gasteiger partial charge in [0.05, 0.1) is 0 Å². The highest BCUT2D eigenvalue weighted by Gasteiger charge is 2.19. The van der Waals surface area contributed by atoms with Crippen molar-refractivity contribution in [2.75, 3.05) is 31.5 Å². The molecule has 0 amide bonds. The predicted octanol–water partition coefficient (Wildman–Crippen LogP) is 4.16. The largest absolute Gasteiger partial charge is 0.340 e. The van der Waals surface area contributed by atoms with Crippen LogP contribution in [-0.4, -0.2) is 41.9 Å². The van der Waals surface area contributed by atoms with E-state index >= 15 is 0 Å². The molecule has 1 heterocycles. The molecular weight excluding hydrogens is 343 g/mol. The molecule has 3 rings (SSSR count). The molecule has 1 saturated heterocycles. The lowest BCUT2D eigenvalue weighted by Crippen LogP contribution is -2.49. The molecule has 0 aliphatic carbocycles. The van der Waals surface area contributed by atoms with Gasteiger partial charge in [0.2, 0.25) is 0 Å². The van der Waals surface area contributed by atoms with E-state index in [0.29, 0.717) is 16.0 Å². The van der Waals surface area contributed by atoms with Gasteiger partial charge in [0.25, 0.3) is 0 Å². The van der Waals surface area contributed by atoms with Gasteiger partial charge in [-0.05, 0) is 23.8 Å². The highest BCUT2D eigenvalue weighted by Crippen LogP contribution is 2.22. The molecule has 2 aromatic carbocycles. The van der Waals surface area contributed by atoms with E-state index in [1.807, 2.05) is 11.0 Å². The van der Waals surface area contributed by atoms with Crippen molar-refractivity contribution in [3.63, 3.8) is 0 Å². The second kappa shape index (κ2) is 7.88. The van der Waals surface area contributed by atoms with Gasteiger partial charge in [-0.3, -0.25) is 10.3 Å². The first-order chi connectivity index (χ1) is 11.6. The second-order valence-corrected chi connectivity index (χ2v) is 6.75.